The van der Waals surface area contributed by atoms with Crippen molar-refractivity contribution in [3.05, 3.63) is 17.5 Å². The number of guanidine groups is 1. The molecular weight excluding hydrogens is 364 g/mol. The third-order valence-electron chi connectivity index (χ3n) is 6.31. The highest BCUT2D eigenvalue weighted by molar-refractivity contribution is 5.79. The molecule has 3 rings (SSSR count). The van der Waals surface area contributed by atoms with E-state index in [1.165, 1.54) is 37.2 Å². The Morgan fingerprint density at radius 3 is 2.62 bits per heavy atom. The van der Waals surface area contributed by atoms with E-state index in [-0.39, 0.29) is 5.54 Å². The number of hydrogen-bond donors (Lipinski definition) is 1. The van der Waals surface area contributed by atoms with E-state index in [1.807, 2.05) is 11.7 Å². The van der Waals surface area contributed by atoms with E-state index in [0.717, 1.165) is 51.6 Å². The first kappa shape index (κ1) is 22.1. The minimum Gasteiger partial charge on any atom is -0.381 e. The van der Waals surface area contributed by atoms with Crippen LogP contribution in [0.25, 0.3) is 0 Å². The number of rotatable bonds is 7. The summed E-state index contributed by atoms with van der Waals surface area (Å²) in [5.41, 5.74) is 2.61. The number of hydrogen-bond acceptors (Lipinski definition) is 4. The van der Waals surface area contributed by atoms with Gasteiger partial charge in [0.2, 0.25) is 0 Å². The van der Waals surface area contributed by atoms with E-state index in [2.05, 4.69) is 54.2 Å². The fourth-order valence-corrected chi connectivity index (χ4v) is 4.70. The summed E-state index contributed by atoms with van der Waals surface area (Å²) < 4.78 is 7.62. The van der Waals surface area contributed by atoms with Crippen molar-refractivity contribution < 1.29 is 4.74 Å². The van der Waals surface area contributed by atoms with E-state index in [1.54, 1.807) is 0 Å². The van der Waals surface area contributed by atoms with Crippen LogP contribution in [0.5, 0.6) is 0 Å². The zero-order valence-corrected chi connectivity index (χ0v) is 19.1. The number of nitrogens with zero attached hydrogens (tertiary/aromatic N) is 5. The molecule has 2 saturated heterocycles. The average Bonchev–Trinajstić information content (AvgIpc) is 3.36. The maximum absolute atomic E-state index is 5.69. The summed E-state index contributed by atoms with van der Waals surface area (Å²) in [6.45, 7) is 13.2. The molecule has 1 aromatic heterocycles. The predicted molar refractivity (Wildman–Crippen MR) is 118 cm³/mol. The van der Waals surface area contributed by atoms with E-state index in [0.29, 0.717) is 5.92 Å². The van der Waals surface area contributed by atoms with Gasteiger partial charge in [-0.05, 0) is 51.6 Å². The van der Waals surface area contributed by atoms with Crippen molar-refractivity contribution in [3.63, 3.8) is 0 Å². The van der Waals surface area contributed by atoms with Crippen molar-refractivity contribution in [2.24, 2.45) is 12.0 Å². The van der Waals surface area contributed by atoms with Crippen molar-refractivity contribution in [1.29, 1.82) is 0 Å². The smallest absolute Gasteiger partial charge is 0.194 e. The lowest BCUT2D eigenvalue weighted by molar-refractivity contribution is -0.0139. The Bertz CT molecular complexity index is 671. The summed E-state index contributed by atoms with van der Waals surface area (Å²) in [7, 11) is 4.13. The Labute approximate surface area is 176 Å². The Morgan fingerprint density at radius 1 is 1.31 bits per heavy atom. The zero-order valence-electron chi connectivity index (χ0n) is 19.1. The van der Waals surface area contributed by atoms with Gasteiger partial charge in [-0.25, -0.2) is 0 Å². The summed E-state index contributed by atoms with van der Waals surface area (Å²) >= 11 is 0. The molecule has 0 bridgehead atoms. The largest absolute Gasteiger partial charge is 0.381 e. The molecule has 2 aliphatic heterocycles. The van der Waals surface area contributed by atoms with Gasteiger partial charge in [0.1, 0.15) is 0 Å². The summed E-state index contributed by atoms with van der Waals surface area (Å²) in [6, 6.07) is 0. The molecule has 3 heterocycles. The van der Waals surface area contributed by atoms with Crippen molar-refractivity contribution in [2.45, 2.75) is 64.5 Å². The van der Waals surface area contributed by atoms with E-state index >= 15 is 0 Å². The first-order valence-electron chi connectivity index (χ1n) is 11.3. The molecule has 1 N–H and O–H groups in total. The fraction of sp³-hybridized carbons (Fsp3) is 0.818. The molecular formula is C22H40N6O. The zero-order chi connectivity index (χ0) is 20.9. The minimum atomic E-state index is 0.160. The Hall–Kier alpha value is -1.60. The molecule has 0 aliphatic carbocycles. The minimum absolute atomic E-state index is 0.160. The van der Waals surface area contributed by atoms with Crippen molar-refractivity contribution in [1.82, 2.24) is 24.9 Å². The molecule has 0 aromatic carbocycles. The molecule has 29 heavy (non-hydrogen) atoms. The van der Waals surface area contributed by atoms with E-state index in [9.17, 15) is 0 Å². The summed E-state index contributed by atoms with van der Waals surface area (Å²) in [5.74, 6) is 1.40. The van der Waals surface area contributed by atoms with E-state index in [4.69, 9.17) is 9.73 Å². The van der Waals surface area contributed by atoms with Gasteiger partial charge in [0, 0.05) is 57.7 Å². The number of nitrogens with one attached hydrogen (secondary N) is 1. The molecule has 1 aromatic rings. The molecule has 0 unspecified atom stereocenters. The lowest BCUT2D eigenvalue weighted by Gasteiger charge is -2.43. The van der Waals surface area contributed by atoms with E-state index < -0.39 is 0 Å². The number of aliphatic imine (C=N–C) groups is 1. The standard InChI is InChI=1S/C22H40N6O/c1-6-23-21(26(4)15-19-16-27(5)25-20(19)18(2)3)24-17-22(9-13-29-14-10-22)28-11-7-8-12-28/h16,18H,6-15,17H2,1-5H3,(H,23,24). The van der Waals surface area contributed by atoms with Crippen LogP contribution in [0.15, 0.2) is 11.2 Å². The van der Waals surface area contributed by atoms with Crippen LogP contribution in [0.1, 0.15) is 63.6 Å². The lowest BCUT2D eigenvalue weighted by Crippen LogP contribution is -2.54. The highest BCUT2D eigenvalue weighted by atomic mass is 16.5. The molecule has 0 spiro atoms. The quantitative estimate of drug-likeness (QED) is 0.559. The topological polar surface area (TPSA) is 57.9 Å². The number of aromatic nitrogens is 2. The van der Waals surface area contributed by atoms with Crippen LogP contribution in [0, 0.1) is 0 Å². The highest BCUT2D eigenvalue weighted by Crippen LogP contribution is 2.31. The molecule has 2 fully saturated rings. The molecule has 7 nitrogen and oxygen atoms in total. The molecule has 7 heteroatoms. The number of ether oxygens (including phenoxy) is 1. The third-order valence-corrected chi connectivity index (χ3v) is 6.31. The Morgan fingerprint density at radius 2 is 2.00 bits per heavy atom. The van der Waals surface area contributed by atoms with Crippen LogP contribution < -0.4 is 5.32 Å². The van der Waals surface area contributed by atoms with Gasteiger partial charge in [-0.15, -0.1) is 0 Å². The first-order chi connectivity index (χ1) is 13.9. The number of likely N-dealkylation sites (tertiary alicyclic amines) is 1. The molecule has 0 radical (unpaired) electrons. The summed E-state index contributed by atoms with van der Waals surface area (Å²) in [4.78, 5) is 10.1. The van der Waals surface area contributed by atoms with Crippen molar-refractivity contribution in [3.8, 4) is 0 Å². The van der Waals surface area contributed by atoms with Gasteiger partial charge in [-0.2, -0.15) is 5.10 Å². The summed E-state index contributed by atoms with van der Waals surface area (Å²) in [6.07, 6.45) is 6.93. The summed E-state index contributed by atoms with van der Waals surface area (Å²) in [5, 5.41) is 8.16. The fourth-order valence-electron chi connectivity index (χ4n) is 4.70. The van der Waals surface area contributed by atoms with Gasteiger partial charge in [0.15, 0.2) is 5.96 Å². The van der Waals surface area contributed by atoms with Gasteiger partial charge in [-0.1, -0.05) is 13.8 Å². The van der Waals surface area contributed by atoms with Gasteiger partial charge < -0.3 is 15.0 Å². The first-order valence-corrected chi connectivity index (χ1v) is 11.3. The normalized spacial score (nSPS) is 20.4. The predicted octanol–water partition coefficient (Wildman–Crippen LogP) is 2.59. The average molecular weight is 405 g/mol. The maximum atomic E-state index is 5.69. The molecule has 2 aliphatic rings. The Balaban J connectivity index is 1.76. The molecule has 0 atom stereocenters. The molecule has 0 amide bonds. The second-order valence-corrected chi connectivity index (χ2v) is 8.93. The maximum Gasteiger partial charge on any atom is 0.194 e. The van der Waals surface area contributed by atoms with Crippen molar-refractivity contribution >= 4 is 5.96 Å². The molecule has 0 saturated carbocycles. The van der Waals surface area contributed by atoms with Crippen LogP contribution in [0.4, 0.5) is 0 Å². The number of aryl methyl sites for hydroxylation is 1. The molecule has 164 valence electrons. The van der Waals surface area contributed by atoms with Gasteiger partial charge in [0.05, 0.1) is 12.2 Å². The van der Waals surface area contributed by atoms with Crippen LogP contribution >= 0.6 is 0 Å². The highest BCUT2D eigenvalue weighted by Gasteiger charge is 2.39. The lowest BCUT2D eigenvalue weighted by atomic mass is 9.88. The van der Waals surface area contributed by atoms with Crippen LogP contribution in [0.2, 0.25) is 0 Å². The SMILES string of the molecule is CCNC(=NCC1(N2CCCC2)CCOCC1)N(C)Cc1cn(C)nc1C(C)C. The second kappa shape index (κ2) is 9.94. The van der Waals surface area contributed by atoms with Gasteiger partial charge in [0.25, 0.3) is 0 Å². The third kappa shape index (κ3) is 5.31. The van der Waals surface area contributed by atoms with Crippen LogP contribution in [-0.4, -0.2) is 77.5 Å². The van der Waals surface area contributed by atoms with Crippen molar-refractivity contribution in [2.75, 3.05) is 46.4 Å². The second-order valence-electron chi connectivity index (χ2n) is 8.93. The van der Waals surface area contributed by atoms with Crippen LogP contribution in [-0.2, 0) is 18.3 Å². The van der Waals surface area contributed by atoms with Crippen LogP contribution in [0.3, 0.4) is 0 Å². The monoisotopic (exact) mass is 404 g/mol. The Kier molecular flexibility index (Phi) is 7.57. The van der Waals surface area contributed by atoms with Gasteiger partial charge in [-0.3, -0.25) is 14.6 Å². The van der Waals surface area contributed by atoms with Gasteiger partial charge >= 0.3 is 0 Å².